The highest BCUT2D eigenvalue weighted by Crippen LogP contribution is 2.35. The van der Waals surface area contributed by atoms with E-state index in [2.05, 4.69) is 12.2 Å². The first-order valence-electron chi connectivity index (χ1n) is 5.02. The molecule has 82 valence electrons. The van der Waals surface area contributed by atoms with Crippen LogP contribution in [-0.4, -0.2) is 24.8 Å². The number of primary amides is 1. The molecule has 0 spiro atoms. The fourth-order valence-corrected chi connectivity index (χ4v) is 2.36. The number of hydrogen-bond acceptors (Lipinski definition) is 3. The van der Waals surface area contributed by atoms with Crippen molar-refractivity contribution in [1.82, 2.24) is 5.32 Å². The second-order valence-electron chi connectivity index (χ2n) is 5.10. The summed E-state index contributed by atoms with van der Waals surface area (Å²) in [5.74, 6) is 0. The maximum absolute atomic E-state index is 10.7. The number of carbonyl (C=O) groups is 1. The normalized spacial score (nSPS) is 27.6. The lowest BCUT2D eigenvalue weighted by atomic mass is 9.79. The Hall–Kier alpha value is -0.770. The minimum Gasteiger partial charge on any atom is -0.444 e. The molecular weight excluding hydrogens is 180 g/mol. The van der Waals surface area contributed by atoms with Gasteiger partial charge in [0.2, 0.25) is 0 Å². The van der Waals surface area contributed by atoms with Crippen LogP contribution in [0.5, 0.6) is 0 Å². The fourth-order valence-electron chi connectivity index (χ4n) is 2.36. The zero-order valence-electron chi connectivity index (χ0n) is 9.22. The first kappa shape index (κ1) is 11.3. The van der Waals surface area contributed by atoms with Crippen LogP contribution in [0, 0.1) is 5.41 Å². The van der Waals surface area contributed by atoms with Gasteiger partial charge in [0, 0.05) is 6.54 Å². The van der Waals surface area contributed by atoms with Crippen LogP contribution in [0.25, 0.3) is 0 Å². The fraction of sp³-hybridized carbons (Fsp3) is 0.900. The largest absolute Gasteiger partial charge is 0.444 e. The van der Waals surface area contributed by atoms with Gasteiger partial charge < -0.3 is 15.8 Å². The van der Waals surface area contributed by atoms with E-state index in [4.69, 9.17) is 10.5 Å². The maximum atomic E-state index is 10.7. The molecule has 14 heavy (non-hydrogen) atoms. The molecule has 1 rings (SSSR count). The van der Waals surface area contributed by atoms with Gasteiger partial charge in [-0.05, 0) is 38.6 Å². The average molecular weight is 200 g/mol. The Morgan fingerprint density at radius 2 is 2.29 bits per heavy atom. The lowest BCUT2D eigenvalue weighted by Crippen LogP contribution is -2.37. The molecule has 0 saturated carbocycles. The molecule has 1 fully saturated rings. The second kappa shape index (κ2) is 3.77. The second-order valence-corrected chi connectivity index (χ2v) is 5.10. The molecular formula is C10H20N2O2. The van der Waals surface area contributed by atoms with E-state index in [1.807, 2.05) is 13.8 Å². The highest BCUT2D eigenvalue weighted by atomic mass is 16.6. The Morgan fingerprint density at radius 1 is 1.64 bits per heavy atom. The summed E-state index contributed by atoms with van der Waals surface area (Å²) in [5.41, 5.74) is 4.77. The van der Waals surface area contributed by atoms with Gasteiger partial charge >= 0.3 is 6.09 Å². The van der Waals surface area contributed by atoms with Gasteiger partial charge in [0.05, 0.1) is 0 Å². The molecule has 3 N–H and O–H groups in total. The Kier molecular flexibility index (Phi) is 3.04. The Morgan fingerprint density at radius 3 is 2.71 bits per heavy atom. The SMILES string of the molecule is CC(C)(C[C@]1(C)CCNC1)OC(N)=O. The molecule has 1 amide bonds. The van der Waals surface area contributed by atoms with Gasteiger partial charge in [0.25, 0.3) is 0 Å². The molecule has 0 aromatic carbocycles. The molecule has 1 saturated heterocycles. The number of nitrogens with two attached hydrogens (primary N) is 1. The molecule has 1 atom stereocenters. The third kappa shape index (κ3) is 3.18. The number of nitrogens with one attached hydrogen (secondary N) is 1. The van der Waals surface area contributed by atoms with Crippen LogP contribution in [0.3, 0.4) is 0 Å². The van der Waals surface area contributed by atoms with E-state index in [0.717, 1.165) is 25.9 Å². The van der Waals surface area contributed by atoms with Crippen molar-refractivity contribution in [3.63, 3.8) is 0 Å². The molecule has 1 aliphatic heterocycles. The summed E-state index contributed by atoms with van der Waals surface area (Å²) in [6, 6.07) is 0. The van der Waals surface area contributed by atoms with Gasteiger partial charge in [-0.25, -0.2) is 4.79 Å². The van der Waals surface area contributed by atoms with Crippen LogP contribution in [0.4, 0.5) is 4.79 Å². The molecule has 0 unspecified atom stereocenters. The summed E-state index contributed by atoms with van der Waals surface area (Å²) >= 11 is 0. The minimum atomic E-state index is -0.690. The van der Waals surface area contributed by atoms with Crippen LogP contribution >= 0.6 is 0 Å². The third-order valence-electron chi connectivity index (χ3n) is 2.69. The van der Waals surface area contributed by atoms with Crippen molar-refractivity contribution in [1.29, 1.82) is 0 Å². The standard InChI is InChI=1S/C10H20N2O2/c1-9(2,14-8(11)13)6-10(3)4-5-12-7-10/h12H,4-7H2,1-3H3,(H2,11,13)/t10-/m0/s1. The van der Waals surface area contributed by atoms with E-state index in [0.29, 0.717) is 0 Å². The van der Waals surface area contributed by atoms with Crippen LogP contribution in [0.1, 0.15) is 33.6 Å². The number of amides is 1. The van der Waals surface area contributed by atoms with Crippen molar-refractivity contribution in [2.75, 3.05) is 13.1 Å². The van der Waals surface area contributed by atoms with Crippen molar-refractivity contribution < 1.29 is 9.53 Å². The van der Waals surface area contributed by atoms with Gasteiger partial charge in [-0.2, -0.15) is 0 Å². The van der Waals surface area contributed by atoms with E-state index in [-0.39, 0.29) is 5.41 Å². The summed E-state index contributed by atoms with van der Waals surface area (Å²) in [5, 5.41) is 3.32. The molecule has 0 aliphatic carbocycles. The van der Waals surface area contributed by atoms with Crippen molar-refractivity contribution in [2.24, 2.45) is 11.1 Å². The van der Waals surface area contributed by atoms with Gasteiger partial charge in [-0.3, -0.25) is 0 Å². The molecule has 1 aliphatic rings. The Labute approximate surface area is 85.2 Å². The number of ether oxygens (including phenoxy) is 1. The summed E-state index contributed by atoms with van der Waals surface area (Å²) in [6.07, 6.45) is 1.28. The molecule has 0 aromatic heterocycles. The predicted molar refractivity (Wildman–Crippen MR) is 55.0 cm³/mol. The van der Waals surface area contributed by atoms with E-state index < -0.39 is 11.7 Å². The van der Waals surface area contributed by atoms with Crippen molar-refractivity contribution in [2.45, 2.75) is 39.2 Å². The molecule has 0 radical (unpaired) electrons. The highest BCUT2D eigenvalue weighted by Gasteiger charge is 2.36. The molecule has 0 bridgehead atoms. The first-order chi connectivity index (χ1) is 6.33. The van der Waals surface area contributed by atoms with Crippen molar-refractivity contribution in [3.8, 4) is 0 Å². The third-order valence-corrected chi connectivity index (χ3v) is 2.69. The lowest BCUT2D eigenvalue weighted by Gasteiger charge is -2.33. The number of hydrogen-bond donors (Lipinski definition) is 2. The monoisotopic (exact) mass is 200 g/mol. The van der Waals surface area contributed by atoms with Crippen molar-refractivity contribution >= 4 is 6.09 Å². The van der Waals surface area contributed by atoms with E-state index in [9.17, 15) is 4.79 Å². The topological polar surface area (TPSA) is 64.3 Å². The molecule has 1 heterocycles. The van der Waals surface area contributed by atoms with Crippen LogP contribution < -0.4 is 11.1 Å². The zero-order valence-corrected chi connectivity index (χ0v) is 9.22. The summed E-state index contributed by atoms with van der Waals surface area (Å²) in [7, 11) is 0. The molecule has 0 aromatic rings. The van der Waals surface area contributed by atoms with Gasteiger partial charge in [-0.15, -0.1) is 0 Å². The van der Waals surface area contributed by atoms with Crippen LogP contribution in [0.15, 0.2) is 0 Å². The zero-order chi connectivity index (χ0) is 10.8. The van der Waals surface area contributed by atoms with Crippen LogP contribution in [-0.2, 0) is 4.74 Å². The quantitative estimate of drug-likeness (QED) is 0.720. The van der Waals surface area contributed by atoms with Crippen LogP contribution in [0.2, 0.25) is 0 Å². The number of carbonyl (C=O) groups excluding carboxylic acids is 1. The Balaban J connectivity index is 2.52. The Bertz CT molecular complexity index is 220. The molecule has 4 heteroatoms. The van der Waals surface area contributed by atoms with Gasteiger partial charge in [0.15, 0.2) is 0 Å². The average Bonchev–Trinajstić information content (AvgIpc) is 2.30. The summed E-state index contributed by atoms with van der Waals surface area (Å²) in [6.45, 7) is 8.05. The van der Waals surface area contributed by atoms with E-state index in [1.54, 1.807) is 0 Å². The molecule has 4 nitrogen and oxygen atoms in total. The summed E-state index contributed by atoms with van der Waals surface area (Å²) < 4.78 is 5.08. The lowest BCUT2D eigenvalue weighted by molar-refractivity contribution is 0.0119. The van der Waals surface area contributed by atoms with E-state index in [1.165, 1.54) is 0 Å². The van der Waals surface area contributed by atoms with Crippen molar-refractivity contribution in [3.05, 3.63) is 0 Å². The first-order valence-corrected chi connectivity index (χ1v) is 5.02. The maximum Gasteiger partial charge on any atom is 0.405 e. The van der Waals surface area contributed by atoms with E-state index >= 15 is 0 Å². The van der Waals surface area contributed by atoms with Gasteiger partial charge in [-0.1, -0.05) is 6.92 Å². The predicted octanol–water partition coefficient (Wildman–Crippen LogP) is 1.25. The highest BCUT2D eigenvalue weighted by molar-refractivity contribution is 5.65. The number of rotatable bonds is 3. The van der Waals surface area contributed by atoms with Gasteiger partial charge in [0.1, 0.15) is 5.60 Å². The smallest absolute Gasteiger partial charge is 0.405 e. The minimum absolute atomic E-state index is 0.221. The summed E-state index contributed by atoms with van der Waals surface area (Å²) in [4.78, 5) is 10.7.